The largest absolute Gasteiger partial charge is 0.379 e. The van der Waals surface area contributed by atoms with E-state index in [4.69, 9.17) is 10.5 Å². The second kappa shape index (κ2) is 6.18. The van der Waals surface area contributed by atoms with Crippen LogP contribution in [0.1, 0.15) is 13.8 Å². The van der Waals surface area contributed by atoms with Gasteiger partial charge in [-0.1, -0.05) is 0 Å². The predicted octanol–water partition coefficient (Wildman–Crippen LogP) is -0.583. The first-order chi connectivity index (χ1) is 7.52. The van der Waals surface area contributed by atoms with E-state index >= 15 is 0 Å². The number of nitrogens with zero attached hydrogens (tertiary/aromatic N) is 1. The maximum Gasteiger partial charge on any atom is 0.227 e. The van der Waals surface area contributed by atoms with Gasteiger partial charge in [0.05, 0.1) is 19.1 Å². The summed E-state index contributed by atoms with van der Waals surface area (Å²) in [6.45, 7) is 6.71. The number of carbonyl (C=O) groups is 1. The average Bonchev–Trinajstić information content (AvgIpc) is 2.64. The van der Waals surface area contributed by atoms with E-state index in [1.54, 1.807) is 0 Å². The highest BCUT2D eigenvalue weighted by molar-refractivity contribution is 5.79. The Balaban J connectivity index is 2.20. The summed E-state index contributed by atoms with van der Waals surface area (Å²) in [6.07, 6.45) is 0. The molecule has 1 fully saturated rings. The fourth-order valence-electron chi connectivity index (χ4n) is 1.59. The van der Waals surface area contributed by atoms with Gasteiger partial charge in [-0.2, -0.15) is 0 Å². The van der Waals surface area contributed by atoms with Crippen LogP contribution in [0.5, 0.6) is 0 Å². The lowest BCUT2D eigenvalue weighted by molar-refractivity contribution is -0.125. The van der Waals surface area contributed by atoms with Crippen molar-refractivity contribution in [2.75, 3.05) is 33.4 Å². The first-order valence-electron chi connectivity index (χ1n) is 5.83. The molecule has 1 rings (SSSR count). The van der Waals surface area contributed by atoms with E-state index < -0.39 is 0 Å². The van der Waals surface area contributed by atoms with Crippen molar-refractivity contribution in [3.05, 3.63) is 0 Å². The van der Waals surface area contributed by atoms with Crippen LogP contribution in [-0.4, -0.2) is 56.2 Å². The third-order valence-corrected chi connectivity index (χ3v) is 3.11. The van der Waals surface area contributed by atoms with Gasteiger partial charge in [0, 0.05) is 25.2 Å². The van der Waals surface area contributed by atoms with Crippen molar-refractivity contribution < 1.29 is 9.53 Å². The van der Waals surface area contributed by atoms with Crippen molar-refractivity contribution in [1.82, 2.24) is 10.2 Å². The molecule has 94 valence electrons. The number of hydrogen-bond donors (Lipinski definition) is 2. The molecule has 5 nitrogen and oxygen atoms in total. The van der Waals surface area contributed by atoms with Crippen molar-refractivity contribution >= 4 is 5.91 Å². The minimum Gasteiger partial charge on any atom is -0.379 e. The number of hydrogen-bond acceptors (Lipinski definition) is 4. The molecule has 0 aromatic heterocycles. The topological polar surface area (TPSA) is 67.6 Å². The van der Waals surface area contributed by atoms with E-state index in [9.17, 15) is 4.79 Å². The predicted molar refractivity (Wildman–Crippen MR) is 63.1 cm³/mol. The van der Waals surface area contributed by atoms with E-state index in [-0.39, 0.29) is 17.9 Å². The number of nitrogens with two attached hydrogens (primary N) is 1. The number of amides is 1. The van der Waals surface area contributed by atoms with Crippen LogP contribution in [-0.2, 0) is 9.53 Å². The zero-order valence-corrected chi connectivity index (χ0v) is 10.4. The Hall–Kier alpha value is -0.650. The molecule has 0 radical (unpaired) electrons. The quantitative estimate of drug-likeness (QED) is 0.661. The molecule has 0 spiro atoms. The van der Waals surface area contributed by atoms with Crippen LogP contribution >= 0.6 is 0 Å². The highest BCUT2D eigenvalue weighted by Crippen LogP contribution is 2.11. The molecule has 0 bridgehead atoms. The lowest BCUT2D eigenvalue weighted by atomic mass is 10.0. The fourth-order valence-corrected chi connectivity index (χ4v) is 1.59. The molecule has 2 atom stereocenters. The highest BCUT2D eigenvalue weighted by atomic mass is 16.5. The van der Waals surface area contributed by atoms with E-state index in [1.807, 2.05) is 7.05 Å². The molecule has 1 saturated heterocycles. The Morgan fingerprint density at radius 1 is 1.56 bits per heavy atom. The van der Waals surface area contributed by atoms with Crippen molar-refractivity contribution in [2.24, 2.45) is 11.7 Å². The van der Waals surface area contributed by atoms with Crippen LogP contribution in [0, 0.1) is 5.92 Å². The normalized spacial score (nSPS) is 25.4. The standard InChI is InChI=1S/C11H23N3O2/c1-8(2)14(3)5-4-13-11(15)9-6-16-7-10(9)12/h8-10H,4-7,12H2,1-3H3,(H,13,15). The Labute approximate surface area is 97.3 Å². The lowest BCUT2D eigenvalue weighted by Crippen LogP contribution is -2.43. The molecule has 1 amide bonds. The van der Waals surface area contributed by atoms with Crippen molar-refractivity contribution in [2.45, 2.75) is 25.9 Å². The van der Waals surface area contributed by atoms with Gasteiger partial charge in [-0.15, -0.1) is 0 Å². The van der Waals surface area contributed by atoms with Crippen LogP contribution in [0.15, 0.2) is 0 Å². The van der Waals surface area contributed by atoms with Gasteiger partial charge in [-0.25, -0.2) is 0 Å². The van der Waals surface area contributed by atoms with Crippen LogP contribution in [0.4, 0.5) is 0 Å². The molecule has 0 aliphatic carbocycles. The lowest BCUT2D eigenvalue weighted by Gasteiger charge is -2.21. The van der Waals surface area contributed by atoms with E-state index in [1.165, 1.54) is 0 Å². The summed E-state index contributed by atoms with van der Waals surface area (Å²) in [6, 6.07) is 0.344. The second-order valence-corrected chi connectivity index (χ2v) is 4.67. The highest BCUT2D eigenvalue weighted by Gasteiger charge is 2.30. The number of carbonyl (C=O) groups excluding carboxylic acids is 1. The summed E-state index contributed by atoms with van der Waals surface area (Å²) < 4.78 is 5.16. The molecule has 0 saturated carbocycles. The Kier molecular flexibility index (Phi) is 5.18. The second-order valence-electron chi connectivity index (χ2n) is 4.67. The number of likely N-dealkylation sites (N-methyl/N-ethyl adjacent to an activating group) is 1. The maximum atomic E-state index is 11.7. The molecular weight excluding hydrogens is 206 g/mol. The van der Waals surface area contributed by atoms with Crippen molar-refractivity contribution in [1.29, 1.82) is 0 Å². The minimum absolute atomic E-state index is 0.0159. The Morgan fingerprint density at radius 3 is 2.75 bits per heavy atom. The molecular formula is C11H23N3O2. The molecule has 1 aliphatic heterocycles. The van der Waals surface area contributed by atoms with E-state index in [0.29, 0.717) is 25.8 Å². The van der Waals surface area contributed by atoms with Crippen LogP contribution in [0.2, 0.25) is 0 Å². The SMILES string of the molecule is CC(C)N(C)CCNC(=O)C1COCC1N. The summed E-state index contributed by atoms with van der Waals surface area (Å²) in [5, 5.41) is 2.90. The van der Waals surface area contributed by atoms with E-state index in [0.717, 1.165) is 6.54 Å². The monoisotopic (exact) mass is 229 g/mol. The summed E-state index contributed by atoms with van der Waals surface area (Å²) in [4.78, 5) is 13.9. The molecule has 3 N–H and O–H groups in total. The van der Waals surface area contributed by atoms with Crippen LogP contribution < -0.4 is 11.1 Å². The van der Waals surface area contributed by atoms with Gasteiger partial charge >= 0.3 is 0 Å². The number of nitrogens with one attached hydrogen (secondary N) is 1. The van der Waals surface area contributed by atoms with Crippen molar-refractivity contribution in [3.8, 4) is 0 Å². The smallest absolute Gasteiger partial charge is 0.227 e. The number of rotatable bonds is 5. The third kappa shape index (κ3) is 3.73. The van der Waals surface area contributed by atoms with Gasteiger partial charge in [0.15, 0.2) is 0 Å². The zero-order valence-electron chi connectivity index (χ0n) is 10.4. The molecule has 16 heavy (non-hydrogen) atoms. The molecule has 1 aliphatic rings. The van der Waals surface area contributed by atoms with Gasteiger partial charge in [0.2, 0.25) is 5.91 Å². The molecule has 2 unspecified atom stereocenters. The summed E-state index contributed by atoms with van der Waals surface area (Å²) in [5.41, 5.74) is 5.76. The van der Waals surface area contributed by atoms with Crippen molar-refractivity contribution in [3.63, 3.8) is 0 Å². The Morgan fingerprint density at radius 2 is 2.25 bits per heavy atom. The fraction of sp³-hybridized carbons (Fsp3) is 0.909. The maximum absolute atomic E-state index is 11.7. The molecule has 1 heterocycles. The van der Waals surface area contributed by atoms with Gasteiger partial charge in [-0.3, -0.25) is 4.79 Å². The van der Waals surface area contributed by atoms with Crippen LogP contribution in [0.3, 0.4) is 0 Å². The van der Waals surface area contributed by atoms with E-state index in [2.05, 4.69) is 24.1 Å². The van der Waals surface area contributed by atoms with Gasteiger partial charge in [0.25, 0.3) is 0 Å². The van der Waals surface area contributed by atoms with Gasteiger partial charge in [-0.05, 0) is 20.9 Å². The number of ether oxygens (including phenoxy) is 1. The van der Waals surface area contributed by atoms with Gasteiger partial charge < -0.3 is 20.7 Å². The van der Waals surface area contributed by atoms with Gasteiger partial charge in [0.1, 0.15) is 0 Å². The first kappa shape index (κ1) is 13.4. The summed E-state index contributed by atoms with van der Waals surface area (Å²) >= 11 is 0. The van der Waals surface area contributed by atoms with Crippen LogP contribution in [0.25, 0.3) is 0 Å². The average molecular weight is 229 g/mol. The molecule has 0 aromatic carbocycles. The minimum atomic E-state index is -0.177. The molecule has 5 heteroatoms. The third-order valence-electron chi connectivity index (χ3n) is 3.11. The summed E-state index contributed by atoms with van der Waals surface area (Å²) in [5.74, 6) is -0.161. The summed E-state index contributed by atoms with van der Waals surface area (Å²) in [7, 11) is 2.04. The first-order valence-corrected chi connectivity index (χ1v) is 5.83. The molecule has 0 aromatic rings. The Bertz CT molecular complexity index is 233. The zero-order chi connectivity index (χ0) is 12.1.